The molecular weight excluding hydrogens is 388 g/mol. The maximum absolute atomic E-state index is 2.66. The largest absolute Gasteiger partial charge is 0.0770 e. The van der Waals surface area contributed by atoms with Gasteiger partial charge in [0.15, 0.2) is 0 Å². The zero-order valence-electron chi connectivity index (χ0n) is 20.4. The van der Waals surface area contributed by atoms with Gasteiger partial charge >= 0.3 is 0 Å². The average Bonchev–Trinajstić information content (AvgIpc) is 3.08. The van der Waals surface area contributed by atoms with Gasteiger partial charge < -0.3 is 0 Å². The van der Waals surface area contributed by atoms with Crippen LogP contribution in [0.1, 0.15) is 53.4 Å². The summed E-state index contributed by atoms with van der Waals surface area (Å²) < 4.78 is 0. The second-order valence-corrected chi connectivity index (χ2v) is 15.4. The van der Waals surface area contributed by atoms with Crippen molar-refractivity contribution in [3.05, 3.63) is 94.2 Å². The van der Waals surface area contributed by atoms with E-state index in [0.29, 0.717) is 22.9 Å². The van der Waals surface area contributed by atoms with Crippen LogP contribution in [-0.2, 0) is 0 Å². The van der Waals surface area contributed by atoms with Crippen molar-refractivity contribution in [1.82, 2.24) is 0 Å². The van der Waals surface area contributed by atoms with E-state index in [4.69, 9.17) is 0 Å². The summed E-state index contributed by atoms with van der Waals surface area (Å²) in [6.07, 6.45) is 29.0. The van der Waals surface area contributed by atoms with Crippen molar-refractivity contribution in [2.24, 2.45) is 11.8 Å². The predicted molar refractivity (Wildman–Crippen MR) is 140 cm³/mol. The highest BCUT2D eigenvalue weighted by Crippen LogP contribution is 2.57. The molecule has 31 heavy (non-hydrogen) atoms. The van der Waals surface area contributed by atoms with E-state index in [-0.39, 0.29) is 0 Å². The van der Waals surface area contributed by atoms with Crippen LogP contribution in [0, 0.1) is 11.8 Å². The lowest BCUT2D eigenvalue weighted by Gasteiger charge is -2.40. The van der Waals surface area contributed by atoms with E-state index >= 15 is 0 Å². The van der Waals surface area contributed by atoms with E-state index in [1.165, 1.54) is 25.7 Å². The molecule has 4 unspecified atom stereocenters. The van der Waals surface area contributed by atoms with Crippen LogP contribution >= 0.6 is 0 Å². The SMILES string of the molecule is CCCC1C=CC=CC2=C1C=C(C)C2[Si](C)(C)C1C(C)=CC2=C1C=CC=CC2CCC. The molecule has 4 rings (SSSR count). The maximum atomic E-state index is 2.66. The summed E-state index contributed by atoms with van der Waals surface area (Å²) in [5.74, 6) is 1.15. The topological polar surface area (TPSA) is 0 Å². The lowest BCUT2D eigenvalue weighted by Crippen LogP contribution is -2.39. The number of allylic oxidation sites excluding steroid dienone is 16. The Morgan fingerprint density at radius 3 is 1.45 bits per heavy atom. The Balaban J connectivity index is 1.76. The van der Waals surface area contributed by atoms with Crippen molar-refractivity contribution in [2.75, 3.05) is 0 Å². The summed E-state index contributed by atoms with van der Waals surface area (Å²) in [5, 5.41) is 0. The molecule has 0 saturated carbocycles. The van der Waals surface area contributed by atoms with Gasteiger partial charge in [-0.15, -0.1) is 0 Å². The van der Waals surface area contributed by atoms with Gasteiger partial charge in [-0.05, 0) is 49.0 Å². The Bertz CT molecular complexity index is 892. The summed E-state index contributed by atoms with van der Waals surface area (Å²) in [5.41, 5.74) is 10.9. The smallest absolute Gasteiger partial charge is 0.0721 e. The first-order valence-electron chi connectivity index (χ1n) is 12.4. The molecule has 4 atom stereocenters. The molecule has 0 nitrogen and oxygen atoms in total. The van der Waals surface area contributed by atoms with Gasteiger partial charge in [-0.1, -0.05) is 112 Å². The van der Waals surface area contributed by atoms with E-state index in [0.717, 1.165) is 0 Å². The number of hydrogen-bond donors (Lipinski definition) is 0. The molecule has 164 valence electrons. The Labute approximate surface area is 191 Å². The Morgan fingerprint density at radius 1 is 0.645 bits per heavy atom. The van der Waals surface area contributed by atoms with Crippen LogP contribution in [0.3, 0.4) is 0 Å². The molecule has 4 aliphatic rings. The van der Waals surface area contributed by atoms with Crippen LogP contribution in [0.4, 0.5) is 0 Å². The van der Waals surface area contributed by atoms with Crippen molar-refractivity contribution in [3.63, 3.8) is 0 Å². The summed E-state index contributed by atoms with van der Waals surface area (Å²) in [6.45, 7) is 14.8. The summed E-state index contributed by atoms with van der Waals surface area (Å²) >= 11 is 0. The zero-order chi connectivity index (χ0) is 22.2. The van der Waals surface area contributed by atoms with Crippen molar-refractivity contribution in [3.8, 4) is 0 Å². The Hall–Kier alpha value is -1.86. The fraction of sp³-hybridized carbons (Fsp3) is 0.467. The second-order valence-electron chi connectivity index (χ2n) is 10.6. The van der Waals surface area contributed by atoms with E-state index < -0.39 is 8.07 Å². The quantitative estimate of drug-likeness (QED) is 0.370. The van der Waals surface area contributed by atoms with Crippen LogP contribution in [-0.4, -0.2) is 8.07 Å². The monoisotopic (exact) mass is 428 g/mol. The minimum atomic E-state index is -1.74. The molecule has 0 aliphatic heterocycles. The van der Waals surface area contributed by atoms with E-state index in [2.05, 4.69) is 102 Å². The zero-order valence-corrected chi connectivity index (χ0v) is 21.4. The van der Waals surface area contributed by atoms with Crippen LogP contribution in [0.25, 0.3) is 0 Å². The highest BCUT2D eigenvalue weighted by molar-refractivity contribution is 6.83. The van der Waals surface area contributed by atoms with Gasteiger partial charge in [0, 0.05) is 22.9 Å². The van der Waals surface area contributed by atoms with E-state index in [1.807, 2.05) is 0 Å². The normalized spacial score (nSPS) is 29.7. The maximum Gasteiger partial charge on any atom is 0.0721 e. The number of rotatable bonds is 6. The Morgan fingerprint density at radius 2 is 1.06 bits per heavy atom. The fourth-order valence-corrected chi connectivity index (χ4v) is 11.8. The Kier molecular flexibility index (Phi) is 6.44. The van der Waals surface area contributed by atoms with Crippen molar-refractivity contribution in [2.45, 2.75) is 77.6 Å². The van der Waals surface area contributed by atoms with Gasteiger partial charge in [0.1, 0.15) is 0 Å². The molecule has 0 spiro atoms. The molecule has 1 heteroatoms. The molecule has 0 N–H and O–H groups in total. The second kappa shape index (κ2) is 8.94. The van der Waals surface area contributed by atoms with Gasteiger partial charge in [-0.3, -0.25) is 0 Å². The molecule has 0 radical (unpaired) electrons. The van der Waals surface area contributed by atoms with Crippen molar-refractivity contribution in [1.29, 1.82) is 0 Å². The third-order valence-electron chi connectivity index (χ3n) is 7.91. The van der Waals surface area contributed by atoms with Gasteiger partial charge in [-0.2, -0.15) is 0 Å². The minimum Gasteiger partial charge on any atom is -0.0770 e. The van der Waals surface area contributed by atoms with Crippen molar-refractivity contribution >= 4 is 8.07 Å². The molecule has 0 aromatic rings. The third-order valence-corrected chi connectivity index (χ3v) is 12.4. The first kappa shape index (κ1) is 22.3. The fourth-order valence-electron chi connectivity index (χ4n) is 6.86. The average molecular weight is 429 g/mol. The summed E-state index contributed by atoms with van der Waals surface area (Å²) in [4.78, 5) is 0. The van der Waals surface area contributed by atoms with Crippen LogP contribution in [0.2, 0.25) is 24.2 Å². The highest BCUT2D eigenvalue weighted by atomic mass is 28.3. The van der Waals surface area contributed by atoms with Gasteiger partial charge in [0.05, 0.1) is 8.07 Å². The molecule has 0 bridgehead atoms. The highest BCUT2D eigenvalue weighted by Gasteiger charge is 2.48. The first-order chi connectivity index (χ1) is 14.9. The summed E-state index contributed by atoms with van der Waals surface area (Å²) in [6, 6.07) is 0. The molecule has 0 amide bonds. The van der Waals surface area contributed by atoms with Crippen LogP contribution < -0.4 is 0 Å². The minimum absolute atomic E-state index is 0.575. The molecule has 0 saturated heterocycles. The standard InChI is InChI=1S/C30H40Si/c1-7-13-23-15-9-11-17-25-27(23)19-21(3)29(25)31(5,6)30-22(4)20-28-24(14-8-2)16-10-12-18-26(28)30/h9-12,15-20,23-24,29-30H,7-8,13-14H2,1-6H3. The van der Waals surface area contributed by atoms with E-state index in [1.54, 1.807) is 33.4 Å². The predicted octanol–water partition coefficient (Wildman–Crippen LogP) is 9.03. The molecule has 4 aliphatic carbocycles. The van der Waals surface area contributed by atoms with Gasteiger partial charge in [0.25, 0.3) is 0 Å². The molecular formula is C30H40Si. The number of hydrogen-bond acceptors (Lipinski definition) is 0. The molecule has 0 heterocycles. The van der Waals surface area contributed by atoms with Gasteiger partial charge in [-0.25, -0.2) is 0 Å². The molecule has 0 fully saturated rings. The van der Waals surface area contributed by atoms with Crippen molar-refractivity contribution < 1.29 is 0 Å². The first-order valence-corrected chi connectivity index (χ1v) is 15.6. The summed E-state index contributed by atoms with van der Waals surface area (Å²) in [7, 11) is -1.74. The molecule has 0 aromatic heterocycles. The van der Waals surface area contributed by atoms with Gasteiger partial charge in [0.2, 0.25) is 0 Å². The lowest BCUT2D eigenvalue weighted by molar-refractivity contribution is 0.668. The lowest BCUT2D eigenvalue weighted by atomic mass is 9.92. The molecule has 0 aromatic carbocycles. The van der Waals surface area contributed by atoms with Crippen LogP contribution in [0.15, 0.2) is 94.2 Å². The van der Waals surface area contributed by atoms with Crippen LogP contribution in [0.5, 0.6) is 0 Å². The van der Waals surface area contributed by atoms with E-state index in [9.17, 15) is 0 Å². The third kappa shape index (κ3) is 3.91.